The molecule has 2 heterocycles. The number of benzene rings is 1. The molecule has 0 aliphatic carbocycles. The fourth-order valence-electron chi connectivity index (χ4n) is 2.30. The summed E-state index contributed by atoms with van der Waals surface area (Å²) in [5, 5.41) is 0.562. The zero-order valence-electron chi connectivity index (χ0n) is 11.1. The molecule has 0 amide bonds. The molecule has 2 aromatic heterocycles. The highest BCUT2D eigenvalue weighted by Crippen LogP contribution is 2.31. The van der Waals surface area contributed by atoms with E-state index < -0.39 is 11.7 Å². The molecule has 0 atom stereocenters. The zero-order chi connectivity index (χ0) is 15.4. The maximum absolute atomic E-state index is 12.8. The van der Waals surface area contributed by atoms with Crippen LogP contribution in [-0.4, -0.2) is 20.2 Å². The van der Waals surface area contributed by atoms with E-state index in [9.17, 15) is 18.0 Å². The SMILES string of the molecule is CSc1ncc2c(=O)n(C)c3cc(C(F)(F)F)ccc3n12. The summed E-state index contributed by atoms with van der Waals surface area (Å²) in [4.78, 5) is 16.4. The first-order valence-electron chi connectivity index (χ1n) is 5.96. The van der Waals surface area contributed by atoms with Gasteiger partial charge in [0, 0.05) is 7.05 Å². The molecule has 0 fully saturated rings. The van der Waals surface area contributed by atoms with Crippen LogP contribution in [0, 0.1) is 0 Å². The van der Waals surface area contributed by atoms with Gasteiger partial charge in [-0.15, -0.1) is 0 Å². The van der Waals surface area contributed by atoms with Crippen LogP contribution in [0.3, 0.4) is 0 Å². The van der Waals surface area contributed by atoms with E-state index in [4.69, 9.17) is 0 Å². The maximum Gasteiger partial charge on any atom is 0.416 e. The minimum atomic E-state index is -4.45. The first-order chi connectivity index (χ1) is 9.84. The second-order valence-corrected chi connectivity index (χ2v) is 5.30. The number of alkyl halides is 3. The van der Waals surface area contributed by atoms with Crippen molar-refractivity contribution in [1.82, 2.24) is 14.0 Å². The molecule has 0 saturated heterocycles. The van der Waals surface area contributed by atoms with Gasteiger partial charge >= 0.3 is 6.18 Å². The Morgan fingerprint density at radius 3 is 2.52 bits per heavy atom. The van der Waals surface area contributed by atoms with Gasteiger partial charge in [-0.2, -0.15) is 13.2 Å². The standard InChI is InChI=1S/C13H10F3N3OS/c1-18-9-5-7(13(14,15)16)3-4-8(9)19-10(11(18)20)6-17-12(19)21-2/h3-6H,1-2H3. The largest absolute Gasteiger partial charge is 0.416 e. The third kappa shape index (κ3) is 2.01. The van der Waals surface area contributed by atoms with Crippen molar-refractivity contribution >= 4 is 28.3 Å². The lowest BCUT2D eigenvalue weighted by atomic mass is 10.2. The summed E-state index contributed by atoms with van der Waals surface area (Å²) in [6.45, 7) is 0. The minimum Gasteiger partial charge on any atom is -0.308 e. The van der Waals surface area contributed by atoms with Crippen molar-refractivity contribution in [2.24, 2.45) is 7.05 Å². The maximum atomic E-state index is 12.8. The Balaban J connectivity index is 2.51. The molecule has 3 aromatic rings. The zero-order valence-corrected chi connectivity index (χ0v) is 11.9. The van der Waals surface area contributed by atoms with Gasteiger partial charge in [0.05, 0.1) is 22.8 Å². The van der Waals surface area contributed by atoms with Crippen molar-refractivity contribution in [2.45, 2.75) is 11.3 Å². The third-order valence-electron chi connectivity index (χ3n) is 3.34. The number of halogens is 3. The molecule has 1 aromatic carbocycles. The lowest BCUT2D eigenvalue weighted by molar-refractivity contribution is -0.137. The Bertz CT molecular complexity index is 911. The molecule has 4 nitrogen and oxygen atoms in total. The summed E-state index contributed by atoms with van der Waals surface area (Å²) in [5.41, 5.74) is -0.0866. The van der Waals surface area contributed by atoms with E-state index in [1.165, 1.54) is 35.6 Å². The first-order valence-corrected chi connectivity index (χ1v) is 7.18. The van der Waals surface area contributed by atoms with Crippen LogP contribution in [0.4, 0.5) is 13.2 Å². The number of fused-ring (bicyclic) bond motifs is 3. The summed E-state index contributed by atoms with van der Waals surface area (Å²) in [6.07, 6.45) is -1.22. The molecule has 8 heteroatoms. The number of nitrogens with zero attached hydrogens (tertiary/aromatic N) is 3. The average Bonchev–Trinajstić information content (AvgIpc) is 2.87. The van der Waals surface area contributed by atoms with E-state index in [1.807, 2.05) is 0 Å². The van der Waals surface area contributed by atoms with E-state index in [2.05, 4.69) is 4.98 Å². The highest BCUT2D eigenvalue weighted by atomic mass is 32.2. The molecule has 0 spiro atoms. The van der Waals surface area contributed by atoms with Crippen molar-refractivity contribution in [3.05, 3.63) is 40.3 Å². The highest BCUT2D eigenvalue weighted by molar-refractivity contribution is 7.98. The molecule has 0 unspecified atom stereocenters. The Hall–Kier alpha value is -1.96. The highest BCUT2D eigenvalue weighted by Gasteiger charge is 2.31. The van der Waals surface area contributed by atoms with E-state index in [0.29, 0.717) is 16.2 Å². The summed E-state index contributed by atoms with van der Waals surface area (Å²) >= 11 is 1.33. The summed E-state index contributed by atoms with van der Waals surface area (Å²) < 4.78 is 41.3. The molecule has 0 bridgehead atoms. The monoisotopic (exact) mass is 313 g/mol. The van der Waals surface area contributed by atoms with E-state index in [-0.39, 0.29) is 11.1 Å². The smallest absolute Gasteiger partial charge is 0.308 e. The molecule has 3 rings (SSSR count). The van der Waals surface area contributed by atoms with Gasteiger partial charge in [0.25, 0.3) is 5.56 Å². The molecule has 21 heavy (non-hydrogen) atoms. The number of rotatable bonds is 1. The van der Waals surface area contributed by atoms with Gasteiger partial charge in [0.2, 0.25) is 0 Å². The van der Waals surface area contributed by atoms with Crippen LogP contribution in [0.25, 0.3) is 16.6 Å². The van der Waals surface area contributed by atoms with Gasteiger partial charge in [0.1, 0.15) is 5.52 Å². The van der Waals surface area contributed by atoms with Crippen LogP contribution >= 0.6 is 11.8 Å². The first kappa shape index (κ1) is 14.0. The fourth-order valence-corrected chi connectivity index (χ4v) is 2.84. The van der Waals surface area contributed by atoms with Gasteiger partial charge in [-0.05, 0) is 24.5 Å². The molecule has 0 saturated carbocycles. The second-order valence-electron chi connectivity index (χ2n) is 4.53. The normalized spacial score (nSPS) is 12.4. The van der Waals surface area contributed by atoms with Gasteiger partial charge in [-0.3, -0.25) is 9.20 Å². The van der Waals surface area contributed by atoms with Crippen LogP contribution in [0.2, 0.25) is 0 Å². The van der Waals surface area contributed by atoms with Crippen LogP contribution < -0.4 is 5.56 Å². The predicted octanol–water partition coefficient (Wildman–Crippen LogP) is 2.93. The van der Waals surface area contributed by atoms with Crippen molar-refractivity contribution in [1.29, 1.82) is 0 Å². The van der Waals surface area contributed by atoms with Crippen molar-refractivity contribution in [2.75, 3.05) is 6.26 Å². The number of aromatic nitrogens is 3. The van der Waals surface area contributed by atoms with E-state index in [1.54, 1.807) is 10.7 Å². The summed E-state index contributed by atoms with van der Waals surface area (Å²) in [6, 6.07) is 3.36. The summed E-state index contributed by atoms with van der Waals surface area (Å²) in [5.74, 6) is 0. The number of imidazole rings is 1. The van der Waals surface area contributed by atoms with Crippen LogP contribution in [0.1, 0.15) is 5.56 Å². The Labute approximate surface area is 121 Å². The topological polar surface area (TPSA) is 39.3 Å². The molecular formula is C13H10F3N3OS. The van der Waals surface area contributed by atoms with Gasteiger partial charge in [-0.25, -0.2) is 4.98 Å². The third-order valence-corrected chi connectivity index (χ3v) is 3.99. The van der Waals surface area contributed by atoms with E-state index >= 15 is 0 Å². The van der Waals surface area contributed by atoms with Crippen LogP contribution in [0.15, 0.2) is 34.3 Å². The molecular weight excluding hydrogens is 303 g/mol. The van der Waals surface area contributed by atoms with Crippen molar-refractivity contribution in [3.8, 4) is 0 Å². The van der Waals surface area contributed by atoms with E-state index in [0.717, 1.165) is 12.1 Å². The molecule has 0 N–H and O–H groups in total. The van der Waals surface area contributed by atoms with Crippen molar-refractivity contribution in [3.63, 3.8) is 0 Å². The summed E-state index contributed by atoms with van der Waals surface area (Å²) in [7, 11) is 1.45. The Morgan fingerprint density at radius 1 is 1.19 bits per heavy atom. The van der Waals surface area contributed by atoms with Crippen LogP contribution in [-0.2, 0) is 13.2 Å². The number of thioether (sulfide) groups is 1. The predicted molar refractivity (Wildman–Crippen MR) is 74.7 cm³/mol. The average molecular weight is 313 g/mol. The number of aryl methyl sites for hydroxylation is 1. The molecule has 110 valence electrons. The fraction of sp³-hybridized carbons (Fsp3) is 0.231. The minimum absolute atomic E-state index is 0.218. The van der Waals surface area contributed by atoms with Gasteiger partial charge in [0.15, 0.2) is 5.16 Å². The van der Waals surface area contributed by atoms with Crippen molar-refractivity contribution < 1.29 is 13.2 Å². The number of hydrogen-bond acceptors (Lipinski definition) is 3. The molecule has 0 aliphatic rings. The van der Waals surface area contributed by atoms with Gasteiger partial charge in [-0.1, -0.05) is 11.8 Å². The number of hydrogen-bond donors (Lipinski definition) is 0. The van der Waals surface area contributed by atoms with Gasteiger partial charge < -0.3 is 4.57 Å². The lowest BCUT2D eigenvalue weighted by Gasteiger charge is -2.12. The Morgan fingerprint density at radius 2 is 1.90 bits per heavy atom. The lowest BCUT2D eigenvalue weighted by Crippen LogP contribution is -2.20. The second kappa shape index (κ2) is 4.52. The Kier molecular flexibility index (Phi) is 3.01. The quantitative estimate of drug-likeness (QED) is 0.649. The van der Waals surface area contributed by atoms with Crippen LogP contribution in [0.5, 0.6) is 0 Å². The molecule has 0 radical (unpaired) electrons. The molecule has 0 aliphatic heterocycles.